The fourth-order valence-electron chi connectivity index (χ4n) is 2.80. The first-order chi connectivity index (χ1) is 9.81. The van der Waals surface area contributed by atoms with Crippen molar-refractivity contribution in [2.75, 3.05) is 18.0 Å². The lowest BCUT2D eigenvalue weighted by Gasteiger charge is -2.39. The van der Waals surface area contributed by atoms with Gasteiger partial charge in [0.05, 0.1) is 0 Å². The minimum atomic E-state index is 0.638. The summed E-state index contributed by atoms with van der Waals surface area (Å²) in [5.41, 5.74) is 5.70. The van der Waals surface area contributed by atoms with Crippen LogP contribution in [0.25, 0.3) is 10.8 Å². The van der Waals surface area contributed by atoms with Gasteiger partial charge in [0.25, 0.3) is 0 Å². The zero-order valence-corrected chi connectivity index (χ0v) is 13.1. The average Bonchev–Trinajstić information content (AvgIpc) is 2.41. The zero-order chi connectivity index (χ0) is 13.9. The topological polar surface area (TPSA) is 42.1 Å². The van der Waals surface area contributed by atoms with Crippen molar-refractivity contribution in [3.8, 4) is 0 Å². The number of nitrogens with zero attached hydrogens (tertiary/aromatic N) is 2. The summed E-state index contributed by atoms with van der Waals surface area (Å²) < 4.78 is 1.13. The molecule has 0 radical (unpaired) electrons. The van der Waals surface area contributed by atoms with Gasteiger partial charge >= 0.3 is 0 Å². The van der Waals surface area contributed by atoms with Crippen LogP contribution in [0, 0.1) is 0 Å². The number of pyridine rings is 1. The molecule has 0 aliphatic heterocycles. The van der Waals surface area contributed by atoms with E-state index < -0.39 is 0 Å². The first kappa shape index (κ1) is 13.8. The summed E-state index contributed by atoms with van der Waals surface area (Å²) in [7, 11) is 0. The number of benzene rings is 1. The van der Waals surface area contributed by atoms with Crippen molar-refractivity contribution >= 4 is 32.5 Å². The van der Waals surface area contributed by atoms with E-state index in [1.165, 1.54) is 30.0 Å². The summed E-state index contributed by atoms with van der Waals surface area (Å²) in [6, 6.07) is 9.04. The highest BCUT2D eigenvalue weighted by atomic mass is 79.9. The Labute approximate surface area is 128 Å². The van der Waals surface area contributed by atoms with Crippen LogP contribution in [0.4, 0.5) is 5.82 Å². The molecule has 0 atom stereocenters. The Morgan fingerprint density at radius 3 is 2.80 bits per heavy atom. The number of anilines is 1. The summed E-state index contributed by atoms with van der Waals surface area (Å²) in [5.74, 6) is 1.11. The highest BCUT2D eigenvalue weighted by molar-refractivity contribution is 9.10. The molecule has 106 valence electrons. The molecule has 2 aromatic rings. The van der Waals surface area contributed by atoms with E-state index in [1.807, 2.05) is 6.20 Å². The molecule has 0 amide bonds. The molecule has 0 bridgehead atoms. The smallest absolute Gasteiger partial charge is 0.136 e. The van der Waals surface area contributed by atoms with Gasteiger partial charge in [0.1, 0.15) is 5.82 Å². The van der Waals surface area contributed by atoms with Crippen LogP contribution in [0.5, 0.6) is 0 Å². The SMILES string of the molecule is NCCCN(c1nccc2c(Br)cccc12)C1CCC1. The second-order valence-corrected chi connectivity index (χ2v) is 6.24. The zero-order valence-electron chi connectivity index (χ0n) is 11.6. The predicted octanol–water partition coefficient (Wildman–Crippen LogP) is 3.71. The summed E-state index contributed by atoms with van der Waals surface area (Å²) >= 11 is 3.63. The van der Waals surface area contributed by atoms with Crippen LogP contribution in [-0.2, 0) is 0 Å². The molecule has 1 aliphatic carbocycles. The van der Waals surface area contributed by atoms with E-state index in [0.717, 1.165) is 29.8 Å². The fraction of sp³-hybridized carbons (Fsp3) is 0.438. The first-order valence-electron chi connectivity index (χ1n) is 7.31. The van der Waals surface area contributed by atoms with Gasteiger partial charge in [0, 0.05) is 34.0 Å². The number of rotatable bonds is 5. The molecular weight excluding hydrogens is 314 g/mol. The molecule has 3 nitrogen and oxygen atoms in total. The van der Waals surface area contributed by atoms with Crippen LogP contribution in [0.3, 0.4) is 0 Å². The van der Waals surface area contributed by atoms with E-state index >= 15 is 0 Å². The quantitative estimate of drug-likeness (QED) is 0.906. The van der Waals surface area contributed by atoms with Crippen LogP contribution in [0.1, 0.15) is 25.7 Å². The molecule has 3 rings (SSSR count). The standard InChI is InChI=1S/C16H20BrN3/c17-15-7-2-6-14-13(15)8-10-19-16(14)20(11-3-9-18)12-4-1-5-12/h2,6-8,10,12H,1,3-5,9,11,18H2. The lowest BCUT2D eigenvalue weighted by atomic mass is 9.91. The van der Waals surface area contributed by atoms with Crippen LogP contribution in [0.15, 0.2) is 34.9 Å². The summed E-state index contributed by atoms with van der Waals surface area (Å²) in [4.78, 5) is 7.13. The third-order valence-corrected chi connectivity index (χ3v) is 4.81. The fourth-order valence-corrected chi connectivity index (χ4v) is 3.30. The Morgan fingerprint density at radius 1 is 1.25 bits per heavy atom. The molecule has 2 N–H and O–H groups in total. The van der Waals surface area contributed by atoms with E-state index in [0.29, 0.717) is 6.04 Å². The number of hydrogen-bond donors (Lipinski definition) is 1. The monoisotopic (exact) mass is 333 g/mol. The molecule has 0 unspecified atom stereocenters. The maximum absolute atomic E-state index is 5.70. The molecule has 0 saturated heterocycles. The molecule has 1 heterocycles. The minimum absolute atomic E-state index is 0.638. The molecule has 1 aliphatic rings. The van der Waals surface area contributed by atoms with Gasteiger partial charge in [-0.25, -0.2) is 4.98 Å². The van der Waals surface area contributed by atoms with Crippen LogP contribution in [0.2, 0.25) is 0 Å². The van der Waals surface area contributed by atoms with E-state index in [4.69, 9.17) is 5.73 Å². The number of nitrogens with two attached hydrogens (primary N) is 1. The second-order valence-electron chi connectivity index (χ2n) is 5.39. The number of aromatic nitrogens is 1. The lowest BCUT2D eigenvalue weighted by molar-refractivity contribution is 0.383. The van der Waals surface area contributed by atoms with Crippen molar-refractivity contribution in [1.82, 2.24) is 4.98 Å². The first-order valence-corrected chi connectivity index (χ1v) is 8.10. The molecule has 4 heteroatoms. The Morgan fingerprint density at radius 2 is 2.10 bits per heavy atom. The van der Waals surface area contributed by atoms with Gasteiger partial charge in [-0.1, -0.05) is 28.1 Å². The molecule has 1 aromatic heterocycles. The van der Waals surface area contributed by atoms with Crippen molar-refractivity contribution in [2.24, 2.45) is 5.73 Å². The van der Waals surface area contributed by atoms with Crippen molar-refractivity contribution in [2.45, 2.75) is 31.7 Å². The van der Waals surface area contributed by atoms with E-state index in [-0.39, 0.29) is 0 Å². The van der Waals surface area contributed by atoms with Crippen molar-refractivity contribution in [3.63, 3.8) is 0 Å². The van der Waals surface area contributed by atoms with E-state index in [1.54, 1.807) is 0 Å². The molecule has 1 saturated carbocycles. The Hall–Kier alpha value is -1.13. The van der Waals surface area contributed by atoms with Gasteiger partial charge in [-0.05, 0) is 44.4 Å². The van der Waals surface area contributed by atoms with Crippen molar-refractivity contribution < 1.29 is 0 Å². The normalized spacial score (nSPS) is 15.3. The molecule has 1 aromatic carbocycles. The Balaban J connectivity index is 2.03. The average molecular weight is 334 g/mol. The van der Waals surface area contributed by atoms with Crippen LogP contribution in [-0.4, -0.2) is 24.1 Å². The number of halogens is 1. The maximum atomic E-state index is 5.70. The minimum Gasteiger partial charge on any atom is -0.353 e. The third-order valence-electron chi connectivity index (χ3n) is 4.12. The predicted molar refractivity (Wildman–Crippen MR) is 88.1 cm³/mol. The van der Waals surface area contributed by atoms with Gasteiger partial charge in [0.2, 0.25) is 0 Å². The van der Waals surface area contributed by atoms with Crippen molar-refractivity contribution in [3.05, 3.63) is 34.9 Å². The molecule has 0 spiro atoms. The molecular formula is C16H20BrN3. The van der Waals surface area contributed by atoms with Crippen LogP contribution < -0.4 is 10.6 Å². The van der Waals surface area contributed by atoms with Crippen LogP contribution >= 0.6 is 15.9 Å². The summed E-state index contributed by atoms with van der Waals surface area (Å²) in [6.07, 6.45) is 6.81. The highest BCUT2D eigenvalue weighted by Gasteiger charge is 2.26. The maximum Gasteiger partial charge on any atom is 0.136 e. The van der Waals surface area contributed by atoms with Gasteiger partial charge in [-0.2, -0.15) is 0 Å². The second kappa shape index (κ2) is 6.10. The van der Waals surface area contributed by atoms with E-state index in [2.05, 4.69) is 50.1 Å². The van der Waals surface area contributed by atoms with Gasteiger partial charge in [-0.15, -0.1) is 0 Å². The van der Waals surface area contributed by atoms with Crippen molar-refractivity contribution in [1.29, 1.82) is 0 Å². The van der Waals surface area contributed by atoms with Gasteiger partial charge < -0.3 is 10.6 Å². The molecule has 1 fully saturated rings. The number of hydrogen-bond acceptors (Lipinski definition) is 3. The number of fused-ring (bicyclic) bond motifs is 1. The van der Waals surface area contributed by atoms with E-state index in [9.17, 15) is 0 Å². The largest absolute Gasteiger partial charge is 0.353 e. The summed E-state index contributed by atoms with van der Waals surface area (Å²) in [6.45, 7) is 1.73. The molecule has 20 heavy (non-hydrogen) atoms. The Kier molecular flexibility index (Phi) is 4.22. The summed E-state index contributed by atoms with van der Waals surface area (Å²) in [5, 5.41) is 2.46. The van der Waals surface area contributed by atoms with Gasteiger partial charge in [0.15, 0.2) is 0 Å². The Bertz CT molecular complexity index is 595. The third kappa shape index (κ3) is 2.54. The highest BCUT2D eigenvalue weighted by Crippen LogP contribution is 2.34. The lowest BCUT2D eigenvalue weighted by Crippen LogP contribution is -2.42. The van der Waals surface area contributed by atoms with Gasteiger partial charge in [-0.3, -0.25) is 0 Å².